The van der Waals surface area contributed by atoms with Crippen molar-refractivity contribution in [2.24, 2.45) is 0 Å². The Kier molecular flexibility index (Phi) is 7.63. The molecule has 0 aliphatic heterocycles. The Balaban J connectivity index is 1.86. The molecule has 0 saturated heterocycles. The summed E-state index contributed by atoms with van der Waals surface area (Å²) >= 11 is 7.85. The first-order chi connectivity index (χ1) is 12.4. The molecular formula is C19H25ClN3O2S+. The molecule has 1 aromatic carbocycles. The fraction of sp³-hybridized carbons (Fsp3) is 0.368. The highest BCUT2D eigenvalue weighted by Crippen LogP contribution is 2.27. The predicted molar refractivity (Wildman–Crippen MR) is 107 cm³/mol. The number of hydrogen-bond acceptors (Lipinski definition) is 3. The average molecular weight is 395 g/mol. The van der Waals surface area contributed by atoms with Gasteiger partial charge in [-0.1, -0.05) is 23.7 Å². The van der Waals surface area contributed by atoms with Crippen LogP contribution in [0.3, 0.4) is 0 Å². The highest BCUT2D eigenvalue weighted by molar-refractivity contribution is 7.09. The lowest BCUT2D eigenvalue weighted by Crippen LogP contribution is -3.14. The maximum atomic E-state index is 12.4. The van der Waals surface area contributed by atoms with Gasteiger partial charge in [0.1, 0.15) is 0 Å². The molecule has 140 valence electrons. The van der Waals surface area contributed by atoms with Gasteiger partial charge in [-0.05, 0) is 49.4 Å². The van der Waals surface area contributed by atoms with Crippen LogP contribution in [0.25, 0.3) is 0 Å². The van der Waals surface area contributed by atoms with Gasteiger partial charge in [0.2, 0.25) is 0 Å². The zero-order chi connectivity index (χ0) is 19.1. The number of amides is 2. The van der Waals surface area contributed by atoms with Crippen molar-refractivity contribution < 1.29 is 14.5 Å². The van der Waals surface area contributed by atoms with E-state index in [2.05, 4.69) is 10.6 Å². The molecule has 2 aromatic rings. The first kappa shape index (κ1) is 20.4. The van der Waals surface area contributed by atoms with E-state index in [1.807, 2.05) is 50.4 Å². The Morgan fingerprint density at radius 2 is 1.92 bits per heavy atom. The molecule has 0 aliphatic carbocycles. The van der Waals surface area contributed by atoms with E-state index in [4.69, 9.17) is 11.6 Å². The number of nitrogens with one attached hydrogen (secondary N) is 3. The first-order valence-corrected chi connectivity index (χ1v) is 9.84. The second kappa shape index (κ2) is 9.71. The molecule has 0 spiro atoms. The van der Waals surface area contributed by atoms with E-state index < -0.39 is 0 Å². The topological polar surface area (TPSA) is 62.6 Å². The van der Waals surface area contributed by atoms with Gasteiger partial charge in [-0.3, -0.25) is 9.59 Å². The average Bonchev–Trinajstić information content (AvgIpc) is 3.09. The monoisotopic (exact) mass is 394 g/mol. The van der Waals surface area contributed by atoms with E-state index >= 15 is 0 Å². The van der Waals surface area contributed by atoms with Gasteiger partial charge >= 0.3 is 0 Å². The van der Waals surface area contributed by atoms with Crippen molar-refractivity contribution in [3.63, 3.8) is 0 Å². The van der Waals surface area contributed by atoms with E-state index in [0.29, 0.717) is 23.8 Å². The van der Waals surface area contributed by atoms with Crippen LogP contribution in [0.1, 0.15) is 22.9 Å². The highest BCUT2D eigenvalue weighted by atomic mass is 35.5. The van der Waals surface area contributed by atoms with Crippen molar-refractivity contribution in [1.82, 2.24) is 5.32 Å². The largest absolute Gasteiger partial charge is 0.346 e. The number of hydrogen-bond donors (Lipinski definition) is 3. The van der Waals surface area contributed by atoms with E-state index in [1.54, 1.807) is 11.3 Å². The Morgan fingerprint density at radius 1 is 1.19 bits per heavy atom. The van der Waals surface area contributed by atoms with Crippen molar-refractivity contribution in [3.8, 4) is 0 Å². The number of aryl methyl sites for hydroxylation is 2. The lowest BCUT2D eigenvalue weighted by atomic mass is 10.1. The zero-order valence-electron chi connectivity index (χ0n) is 15.3. The van der Waals surface area contributed by atoms with Gasteiger partial charge in [0.25, 0.3) is 11.8 Å². The molecule has 1 aromatic heterocycles. The summed E-state index contributed by atoms with van der Waals surface area (Å²) in [7, 11) is 0. The first-order valence-electron chi connectivity index (χ1n) is 8.58. The lowest BCUT2D eigenvalue weighted by Gasteiger charge is -2.18. The van der Waals surface area contributed by atoms with E-state index in [9.17, 15) is 9.59 Å². The minimum absolute atomic E-state index is 0.0624. The molecule has 2 amide bonds. The fourth-order valence-corrected chi connectivity index (χ4v) is 3.70. The SMILES string of the molecule is CC[NH+](CC(=O)NCc1cccs1)CC(=O)Nc1c(C)cc(C)cc1Cl. The summed E-state index contributed by atoms with van der Waals surface area (Å²) in [6, 6.07) is 7.74. The fourth-order valence-electron chi connectivity index (χ4n) is 2.69. The van der Waals surface area contributed by atoms with Gasteiger partial charge in [-0.15, -0.1) is 11.3 Å². The number of likely N-dealkylation sites (N-methyl/N-ethyl adjacent to an activating group) is 1. The van der Waals surface area contributed by atoms with Crippen LogP contribution in [0.2, 0.25) is 5.02 Å². The normalized spacial score (nSPS) is 11.8. The number of rotatable bonds is 8. The standard InChI is InChI=1S/C19H24ClN3O2S/c1-4-23(11-17(24)21-10-15-6-5-7-26-15)12-18(25)22-19-14(3)8-13(2)9-16(19)20/h5-9H,4,10-12H2,1-3H3,(H,21,24)(H,22,25)/p+1. The van der Waals surface area contributed by atoms with Gasteiger partial charge in [0.15, 0.2) is 13.1 Å². The van der Waals surface area contributed by atoms with E-state index in [-0.39, 0.29) is 24.9 Å². The summed E-state index contributed by atoms with van der Waals surface area (Å²) in [4.78, 5) is 26.5. The zero-order valence-corrected chi connectivity index (χ0v) is 16.9. The molecule has 26 heavy (non-hydrogen) atoms. The third-order valence-electron chi connectivity index (χ3n) is 4.06. The van der Waals surface area contributed by atoms with Crippen LogP contribution >= 0.6 is 22.9 Å². The summed E-state index contributed by atoms with van der Waals surface area (Å²) in [6.07, 6.45) is 0. The van der Waals surface area contributed by atoms with Gasteiger partial charge < -0.3 is 15.5 Å². The van der Waals surface area contributed by atoms with Crippen LogP contribution in [-0.2, 0) is 16.1 Å². The molecule has 0 radical (unpaired) electrons. The van der Waals surface area contributed by atoms with Gasteiger partial charge in [-0.2, -0.15) is 0 Å². The Bertz CT molecular complexity index is 739. The van der Waals surface area contributed by atoms with E-state index in [1.165, 1.54) is 0 Å². The number of anilines is 1. The predicted octanol–water partition coefficient (Wildman–Crippen LogP) is 2.18. The molecule has 1 heterocycles. The number of carbonyl (C=O) groups excluding carboxylic acids is 2. The molecule has 0 fully saturated rings. The molecule has 2 rings (SSSR count). The van der Waals surface area contributed by atoms with E-state index in [0.717, 1.165) is 20.9 Å². The van der Waals surface area contributed by atoms with Crippen molar-refractivity contribution >= 4 is 40.4 Å². The molecule has 5 nitrogen and oxygen atoms in total. The summed E-state index contributed by atoms with van der Waals surface area (Å²) in [5, 5.41) is 8.28. The van der Waals surface area contributed by atoms with Gasteiger partial charge in [0.05, 0.1) is 23.8 Å². The van der Waals surface area contributed by atoms with Gasteiger partial charge in [0, 0.05) is 4.88 Å². The summed E-state index contributed by atoms with van der Waals surface area (Å²) < 4.78 is 0. The van der Waals surface area contributed by atoms with Gasteiger partial charge in [-0.25, -0.2) is 0 Å². The molecule has 1 atom stereocenters. The summed E-state index contributed by atoms with van der Waals surface area (Å²) in [5.74, 6) is -0.214. The second-order valence-electron chi connectivity index (χ2n) is 6.30. The minimum Gasteiger partial charge on any atom is -0.346 e. The van der Waals surface area contributed by atoms with Crippen LogP contribution in [0.4, 0.5) is 5.69 Å². The molecule has 0 bridgehead atoms. The third-order valence-corrected chi connectivity index (χ3v) is 5.23. The summed E-state index contributed by atoms with van der Waals surface area (Å²) in [6.45, 7) is 7.51. The Hall–Kier alpha value is -1.89. The smallest absolute Gasteiger partial charge is 0.279 e. The highest BCUT2D eigenvalue weighted by Gasteiger charge is 2.18. The third kappa shape index (κ3) is 6.12. The summed E-state index contributed by atoms with van der Waals surface area (Å²) in [5.41, 5.74) is 2.61. The number of halogens is 1. The van der Waals surface area contributed by atoms with Crippen molar-refractivity contribution in [1.29, 1.82) is 0 Å². The molecular weight excluding hydrogens is 370 g/mol. The van der Waals surface area contributed by atoms with Crippen molar-refractivity contribution in [2.45, 2.75) is 27.3 Å². The Labute approximate surface area is 163 Å². The van der Waals surface area contributed by atoms with Crippen LogP contribution in [0.15, 0.2) is 29.6 Å². The maximum absolute atomic E-state index is 12.4. The van der Waals surface area contributed by atoms with Crippen molar-refractivity contribution in [2.75, 3.05) is 25.0 Å². The second-order valence-corrected chi connectivity index (χ2v) is 7.74. The van der Waals surface area contributed by atoms with Crippen molar-refractivity contribution in [3.05, 3.63) is 50.7 Å². The van der Waals surface area contributed by atoms with Crippen LogP contribution in [-0.4, -0.2) is 31.4 Å². The number of benzene rings is 1. The number of carbonyl (C=O) groups is 2. The molecule has 1 unspecified atom stereocenters. The Morgan fingerprint density at radius 3 is 2.54 bits per heavy atom. The van der Waals surface area contributed by atoms with Crippen LogP contribution < -0.4 is 15.5 Å². The number of quaternary nitrogens is 1. The van der Waals surface area contributed by atoms with Crippen LogP contribution in [0.5, 0.6) is 0 Å². The molecule has 0 saturated carbocycles. The van der Waals surface area contributed by atoms with Crippen LogP contribution in [0, 0.1) is 13.8 Å². The number of thiophene rings is 1. The molecule has 7 heteroatoms. The molecule has 3 N–H and O–H groups in total. The quantitative estimate of drug-likeness (QED) is 0.642. The molecule has 0 aliphatic rings. The lowest BCUT2D eigenvalue weighted by molar-refractivity contribution is -0.881. The minimum atomic E-state index is -0.151. The maximum Gasteiger partial charge on any atom is 0.279 e.